The lowest BCUT2D eigenvalue weighted by molar-refractivity contribution is 0.0161. The lowest BCUT2D eigenvalue weighted by atomic mass is 9.92. The van der Waals surface area contributed by atoms with Crippen molar-refractivity contribution in [2.75, 3.05) is 19.6 Å². The fourth-order valence-electron chi connectivity index (χ4n) is 3.56. The third kappa shape index (κ3) is 6.68. The first kappa shape index (κ1) is 18.5. The van der Waals surface area contributed by atoms with E-state index in [0.29, 0.717) is 12.0 Å². The molecule has 1 saturated heterocycles. The summed E-state index contributed by atoms with van der Waals surface area (Å²) in [5, 5.41) is 13.2. The summed E-state index contributed by atoms with van der Waals surface area (Å²) in [7, 11) is 0. The maximum atomic E-state index is 12.2. The van der Waals surface area contributed by atoms with Crippen LogP contribution in [-0.2, 0) is 4.74 Å². The largest absolute Gasteiger partial charge is 0.444 e. The third-order valence-electron chi connectivity index (χ3n) is 4.85. The van der Waals surface area contributed by atoms with E-state index in [1.165, 1.54) is 6.42 Å². The minimum Gasteiger partial charge on any atom is -0.444 e. The average molecular weight is 326 g/mol. The van der Waals surface area contributed by atoms with E-state index >= 15 is 0 Å². The Morgan fingerprint density at radius 1 is 1.22 bits per heavy atom. The van der Waals surface area contributed by atoms with Crippen LogP contribution in [0.15, 0.2) is 0 Å². The first-order valence-electron chi connectivity index (χ1n) is 9.23. The molecule has 1 saturated carbocycles. The summed E-state index contributed by atoms with van der Waals surface area (Å²) in [6, 6.07) is 0.559. The molecule has 2 rings (SSSR count). The molecule has 134 valence electrons. The van der Waals surface area contributed by atoms with Gasteiger partial charge in [-0.25, -0.2) is 4.79 Å². The van der Waals surface area contributed by atoms with Crippen LogP contribution in [0.3, 0.4) is 0 Å². The predicted molar refractivity (Wildman–Crippen MR) is 91.4 cm³/mol. The average Bonchev–Trinajstić information content (AvgIpc) is 2.48. The van der Waals surface area contributed by atoms with Crippen molar-refractivity contribution in [3.05, 3.63) is 0 Å². The highest BCUT2D eigenvalue weighted by atomic mass is 16.6. The Labute approximate surface area is 140 Å². The molecule has 0 aromatic carbocycles. The Balaban J connectivity index is 1.66. The number of amides is 1. The van der Waals surface area contributed by atoms with Gasteiger partial charge in [-0.15, -0.1) is 0 Å². The van der Waals surface area contributed by atoms with Gasteiger partial charge in [0.25, 0.3) is 0 Å². The monoisotopic (exact) mass is 326 g/mol. The molecular weight excluding hydrogens is 292 g/mol. The van der Waals surface area contributed by atoms with Crippen LogP contribution in [0.1, 0.15) is 65.7 Å². The number of hydrogen-bond acceptors (Lipinski definition) is 4. The van der Waals surface area contributed by atoms with Crippen molar-refractivity contribution in [1.29, 1.82) is 0 Å². The summed E-state index contributed by atoms with van der Waals surface area (Å²) in [6.45, 7) is 8.39. The second-order valence-corrected chi connectivity index (χ2v) is 8.18. The third-order valence-corrected chi connectivity index (χ3v) is 4.85. The first-order valence-corrected chi connectivity index (χ1v) is 9.23. The van der Waals surface area contributed by atoms with Crippen molar-refractivity contribution >= 4 is 6.09 Å². The van der Waals surface area contributed by atoms with Crippen LogP contribution in [0.2, 0.25) is 0 Å². The number of nitrogens with one attached hydrogen (secondary N) is 1. The van der Waals surface area contributed by atoms with E-state index in [-0.39, 0.29) is 12.2 Å². The van der Waals surface area contributed by atoms with Gasteiger partial charge in [0.2, 0.25) is 0 Å². The molecule has 2 aliphatic rings. The zero-order valence-corrected chi connectivity index (χ0v) is 15.0. The number of carbonyl (C=O) groups is 1. The van der Waals surface area contributed by atoms with Gasteiger partial charge >= 0.3 is 6.09 Å². The fraction of sp³-hybridized carbons (Fsp3) is 0.944. The van der Waals surface area contributed by atoms with Crippen molar-refractivity contribution in [2.24, 2.45) is 5.92 Å². The molecule has 1 atom stereocenters. The standard InChI is InChI=1S/C18H34N2O3/c1-18(2,3)23-17(22)20-12-4-5-14(13-20)10-11-19-15-6-8-16(21)9-7-15/h14-16,19,21H,4-13H2,1-3H3. The summed E-state index contributed by atoms with van der Waals surface area (Å²) in [5.74, 6) is 0.568. The molecule has 1 unspecified atom stereocenters. The lowest BCUT2D eigenvalue weighted by Gasteiger charge is -2.34. The number of aliphatic hydroxyl groups excluding tert-OH is 1. The summed E-state index contributed by atoms with van der Waals surface area (Å²) in [6.07, 6.45) is 7.12. The summed E-state index contributed by atoms with van der Waals surface area (Å²) >= 11 is 0. The number of piperidine rings is 1. The Hall–Kier alpha value is -0.810. The maximum Gasteiger partial charge on any atom is 0.410 e. The quantitative estimate of drug-likeness (QED) is 0.834. The van der Waals surface area contributed by atoms with E-state index in [0.717, 1.165) is 58.2 Å². The lowest BCUT2D eigenvalue weighted by Crippen LogP contribution is -2.43. The summed E-state index contributed by atoms with van der Waals surface area (Å²) in [5.41, 5.74) is -0.420. The van der Waals surface area contributed by atoms with E-state index in [4.69, 9.17) is 4.74 Å². The number of nitrogens with zero attached hydrogens (tertiary/aromatic N) is 1. The van der Waals surface area contributed by atoms with E-state index in [9.17, 15) is 9.90 Å². The van der Waals surface area contributed by atoms with Gasteiger partial charge in [0, 0.05) is 19.1 Å². The highest BCUT2D eigenvalue weighted by Crippen LogP contribution is 2.22. The number of rotatable bonds is 4. The Kier molecular flexibility index (Phi) is 6.72. The van der Waals surface area contributed by atoms with Crippen molar-refractivity contribution in [2.45, 2.75) is 83.5 Å². The molecule has 0 spiro atoms. The highest BCUT2D eigenvalue weighted by Gasteiger charge is 2.27. The topological polar surface area (TPSA) is 61.8 Å². The van der Waals surface area contributed by atoms with E-state index in [1.54, 1.807) is 0 Å². The Morgan fingerprint density at radius 2 is 1.91 bits per heavy atom. The first-order chi connectivity index (χ1) is 10.8. The van der Waals surface area contributed by atoms with Crippen molar-refractivity contribution < 1.29 is 14.6 Å². The molecule has 2 fully saturated rings. The van der Waals surface area contributed by atoms with Gasteiger partial charge in [-0.1, -0.05) is 0 Å². The van der Waals surface area contributed by atoms with Crippen molar-refractivity contribution in [3.63, 3.8) is 0 Å². The number of hydrogen-bond donors (Lipinski definition) is 2. The molecule has 0 radical (unpaired) electrons. The maximum absolute atomic E-state index is 12.2. The van der Waals surface area contributed by atoms with Gasteiger partial charge in [0.15, 0.2) is 0 Å². The predicted octanol–water partition coefficient (Wildman–Crippen LogP) is 2.92. The fourth-order valence-corrected chi connectivity index (χ4v) is 3.56. The highest BCUT2D eigenvalue weighted by molar-refractivity contribution is 5.68. The molecule has 0 bridgehead atoms. The van der Waals surface area contributed by atoms with Gasteiger partial charge < -0.3 is 20.1 Å². The van der Waals surface area contributed by atoms with E-state index in [1.807, 2.05) is 25.7 Å². The minimum atomic E-state index is -0.420. The molecule has 1 aliphatic carbocycles. The number of carbonyl (C=O) groups excluding carboxylic acids is 1. The molecule has 5 nitrogen and oxygen atoms in total. The van der Waals surface area contributed by atoms with Crippen LogP contribution in [-0.4, -0.2) is 53.5 Å². The Morgan fingerprint density at radius 3 is 2.57 bits per heavy atom. The molecule has 1 aliphatic heterocycles. The van der Waals surface area contributed by atoms with Crippen molar-refractivity contribution in [1.82, 2.24) is 10.2 Å². The number of aliphatic hydroxyl groups is 1. The molecule has 2 N–H and O–H groups in total. The minimum absolute atomic E-state index is 0.0891. The smallest absolute Gasteiger partial charge is 0.410 e. The molecule has 1 heterocycles. The van der Waals surface area contributed by atoms with Gasteiger partial charge in [-0.2, -0.15) is 0 Å². The van der Waals surface area contributed by atoms with Gasteiger partial charge in [-0.05, 0) is 78.2 Å². The summed E-state index contributed by atoms with van der Waals surface area (Å²) in [4.78, 5) is 14.0. The molecule has 0 aromatic rings. The van der Waals surface area contributed by atoms with Crippen LogP contribution in [0.5, 0.6) is 0 Å². The second-order valence-electron chi connectivity index (χ2n) is 8.18. The van der Waals surface area contributed by atoms with E-state index < -0.39 is 5.60 Å². The van der Waals surface area contributed by atoms with E-state index in [2.05, 4.69) is 5.32 Å². The zero-order valence-electron chi connectivity index (χ0n) is 15.0. The van der Waals surface area contributed by atoms with Gasteiger partial charge in [0.05, 0.1) is 6.10 Å². The van der Waals surface area contributed by atoms with Crippen molar-refractivity contribution in [3.8, 4) is 0 Å². The van der Waals surface area contributed by atoms with Crippen LogP contribution < -0.4 is 5.32 Å². The molecule has 1 amide bonds. The normalized spacial score (nSPS) is 29.4. The van der Waals surface area contributed by atoms with Crippen LogP contribution >= 0.6 is 0 Å². The van der Waals surface area contributed by atoms with Crippen LogP contribution in [0.4, 0.5) is 4.79 Å². The Bertz CT molecular complexity index is 373. The molecule has 0 aromatic heterocycles. The number of ether oxygens (including phenoxy) is 1. The second kappa shape index (κ2) is 8.34. The molecule has 5 heteroatoms. The SMILES string of the molecule is CC(C)(C)OC(=O)N1CCCC(CCNC2CCC(O)CC2)C1. The molecular formula is C18H34N2O3. The number of likely N-dealkylation sites (tertiary alicyclic amines) is 1. The van der Waals surface area contributed by atoms with Gasteiger partial charge in [-0.3, -0.25) is 0 Å². The van der Waals surface area contributed by atoms with Crippen LogP contribution in [0, 0.1) is 5.92 Å². The van der Waals surface area contributed by atoms with Gasteiger partial charge in [0.1, 0.15) is 5.60 Å². The summed E-state index contributed by atoms with van der Waals surface area (Å²) < 4.78 is 5.48. The molecule has 23 heavy (non-hydrogen) atoms. The van der Waals surface area contributed by atoms with Crippen LogP contribution in [0.25, 0.3) is 0 Å². The zero-order chi connectivity index (χ0) is 16.9.